The largest absolute Gasteiger partial charge is 0.288 e. The molecule has 72 valence electrons. The van der Waals surface area contributed by atoms with Crippen LogP contribution >= 0.6 is 43.9 Å². The van der Waals surface area contributed by atoms with Crippen molar-refractivity contribution in [1.29, 1.82) is 0 Å². The summed E-state index contributed by atoms with van der Waals surface area (Å²) in [6.07, 6.45) is 0. The van der Waals surface area contributed by atoms with Crippen LogP contribution in [0.3, 0.4) is 0 Å². The Morgan fingerprint density at radius 2 is 2.00 bits per heavy atom. The molecule has 0 aliphatic heterocycles. The van der Waals surface area contributed by atoms with Gasteiger partial charge in [0.2, 0.25) is 6.49 Å². The van der Waals surface area contributed by atoms with Gasteiger partial charge in [-0.2, -0.15) is 0 Å². The molecule has 1 unspecified atom stereocenters. The summed E-state index contributed by atoms with van der Waals surface area (Å²) in [5, 5.41) is 0. The van der Waals surface area contributed by atoms with Crippen molar-refractivity contribution in [1.82, 2.24) is 0 Å². The smallest absolute Gasteiger partial charge is 0.230 e. The van der Waals surface area contributed by atoms with Gasteiger partial charge in [0, 0.05) is 31.9 Å². The van der Waals surface area contributed by atoms with Gasteiger partial charge in [-0.05, 0) is 12.1 Å². The van der Waals surface area contributed by atoms with Crippen molar-refractivity contribution in [2.75, 3.05) is 10.7 Å². The standard InChI is InChI=1S/C7H9BrNOPS2/c1-11(10,12)9(13-8)7-5-3-2-4-6-7/h2-6H,1H3,(H,10,12). The van der Waals surface area contributed by atoms with E-state index in [1.165, 1.54) is 10.4 Å². The molecule has 0 bridgehead atoms. The van der Waals surface area contributed by atoms with Gasteiger partial charge >= 0.3 is 0 Å². The van der Waals surface area contributed by atoms with E-state index in [1.54, 1.807) is 10.7 Å². The first-order valence-corrected chi connectivity index (χ1v) is 9.38. The fraction of sp³-hybridized carbons (Fsp3) is 0.143. The van der Waals surface area contributed by atoms with Crippen LogP contribution < -0.4 is 4.08 Å². The fourth-order valence-electron chi connectivity index (χ4n) is 0.867. The molecule has 1 rings (SSSR count). The van der Waals surface area contributed by atoms with Gasteiger partial charge in [0.1, 0.15) is 0 Å². The predicted octanol–water partition coefficient (Wildman–Crippen LogP) is 4.20. The molecule has 1 aromatic carbocycles. The van der Waals surface area contributed by atoms with Gasteiger partial charge in [-0.1, -0.05) is 30.4 Å². The van der Waals surface area contributed by atoms with Crippen LogP contribution in [0.4, 0.5) is 5.69 Å². The molecule has 0 saturated heterocycles. The second-order valence-corrected chi connectivity index (χ2v) is 8.45. The van der Waals surface area contributed by atoms with E-state index in [0.717, 1.165) is 5.69 Å². The summed E-state index contributed by atoms with van der Waals surface area (Å²) in [6, 6.07) is 9.49. The van der Waals surface area contributed by atoms with Gasteiger partial charge in [-0.25, -0.2) is 4.08 Å². The zero-order valence-corrected chi connectivity index (χ0v) is 11.1. The van der Waals surface area contributed by atoms with Gasteiger partial charge < -0.3 is 0 Å². The Kier molecular flexibility index (Phi) is 4.23. The van der Waals surface area contributed by atoms with Crippen molar-refractivity contribution in [2.45, 2.75) is 0 Å². The first kappa shape index (κ1) is 11.5. The quantitative estimate of drug-likeness (QED) is 0.513. The van der Waals surface area contributed by atoms with Gasteiger partial charge in [0.25, 0.3) is 0 Å². The number of rotatable bonds is 3. The second-order valence-electron chi connectivity index (χ2n) is 2.51. The minimum atomic E-state index is -2.55. The number of nitrogens with zero attached hydrogens (tertiary/aromatic N) is 1. The molecule has 0 radical (unpaired) electrons. The summed E-state index contributed by atoms with van der Waals surface area (Å²) < 4.78 is 13.3. The average Bonchev–Trinajstić information content (AvgIpc) is 2.05. The number of para-hydroxylation sites is 1. The molecular weight excluding hydrogens is 289 g/mol. The zero-order chi connectivity index (χ0) is 9.90. The molecule has 2 nitrogen and oxygen atoms in total. The Morgan fingerprint density at radius 1 is 1.46 bits per heavy atom. The molecule has 0 amide bonds. The molecule has 1 atom stereocenters. The molecule has 13 heavy (non-hydrogen) atoms. The summed E-state index contributed by atoms with van der Waals surface area (Å²) in [5.41, 5.74) is 0.880. The summed E-state index contributed by atoms with van der Waals surface area (Å²) in [6.45, 7) is -0.945. The minimum absolute atomic E-state index is 0.880. The highest BCUT2D eigenvalue weighted by molar-refractivity contribution is 9.50. The maximum Gasteiger partial charge on any atom is 0.230 e. The van der Waals surface area contributed by atoms with Crippen LogP contribution in [-0.4, -0.2) is 6.66 Å². The Hall–Kier alpha value is 0.430. The average molecular weight is 298 g/mol. The molecule has 0 spiro atoms. The van der Waals surface area contributed by atoms with Crippen LogP contribution in [0, 0.1) is 0 Å². The van der Waals surface area contributed by atoms with Crippen molar-refractivity contribution in [3.05, 3.63) is 30.3 Å². The van der Waals surface area contributed by atoms with E-state index in [4.69, 9.17) is 0 Å². The first-order chi connectivity index (χ1) is 6.05. The number of thiol groups is 1. The topological polar surface area (TPSA) is 20.3 Å². The van der Waals surface area contributed by atoms with Gasteiger partial charge in [-0.3, -0.25) is 4.57 Å². The van der Waals surface area contributed by atoms with Crippen molar-refractivity contribution >= 4 is 49.6 Å². The van der Waals surface area contributed by atoms with E-state index in [-0.39, 0.29) is 0 Å². The van der Waals surface area contributed by atoms with Crippen LogP contribution in [0.5, 0.6) is 0 Å². The molecule has 0 aliphatic carbocycles. The van der Waals surface area contributed by atoms with E-state index < -0.39 is 6.49 Å². The maximum atomic E-state index is 11.7. The highest BCUT2D eigenvalue weighted by Gasteiger charge is 2.20. The number of hydrogen-bond donors (Lipinski definition) is 1. The molecular formula is C7H9BrNOPS2. The number of hydrogen-bond acceptors (Lipinski definition) is 2. The minimum Gasteiger partial charge on any atom is -0.288 e. The molecule has 6 heteroatoms. The monoisotopic (exact) mass is 297 g/mol. The third-order valence-corrected chi connectivity index (χ3v) is 6.25. The van der Waals surface area contributed by atoms with E-state index in [1.807, 2.05) is 30.3 Å². The van der Waals surface area contributed by atoms with Gasteiger partial charge in [0.15, 0.2) is 0 Å². The molecule has 1 aromatic rings. The van der Waals surface area contributed by atoms with Crippen molar-refractivity contribution < 1.29 is 4.57 Å². The SMILES string of the molecule is CP(=O)(S)N(SBr)c1ccccc1. The maximum absolute atomic E-state index is 11.7. The van der Waals surface area contributed by atoms with Crippen LogP contribution in [0.1, 0.15) is 0 Å². The lowest BCUT2D eigenvalue weighted by atomic mass is 10.3. The lowest BCUT2D eigenvalue weighted by molar-refractivity contribution is 0.590. The third-order valence-electron chi connectivity index (χ3n) is 1.38. The predicted molar refractivity (Wildman–Crippen MR) is 68.0 cm³/mol. The van der Waals surface area contributed by atoms with Crippen LogP contribution in [0.25, 0.3) is 0 Å². The molecule has 0 N–H and O–H groups in total. The van der Waals surface area contributed by atoms with Gasteiger partial charge in [0.05, 0.1) is 5.69 Å². The Labute approximate surface area is 95.0 Å². The molecule has 0 saturated carbocycles. The molecule has 0 aliphatic rings. The summed E-state index contributed by atoms with van der Waals surface area (Å²) in [5.74, 6) is 0. The Balaban J connectivity index is 2.99. The molecule has 0 fully saturated rings. The lowest BCUT2D eigenvalue weighted by Crippen LogP contribution is -2.03. The van der Waals surface area contributed by atoms with Crippen molar-refractivity contribution in [3.63, 3.8) is 0 Å². The fourth-order valence-corrected chi connectivity index (χ4v) is 6.35. The third kappa shape index (κ3) is 3.24. The highest BCUT2D eigenvalue weighted by Crippen LogP contribution is 2.57. The van der Waals surface area contributed by atoms with E-state index in [0.29, 0.717) is 0 Å². The zero-order valence-electron chi connectivity index (χ0n) is 6.92. The number of benzene rings is 1. The normalized spacial score (nSPS) is 15.0. The molecule has 0 heterocycles. The highest BCUT2D eigenvalue weighted by atomic mass is 79.9. The summed E-state index contributed by atoms with van der Waals surface area (Å²) in [4.78, 5) is 0. The van der Waals surface area contributed by atoms with Crippen LogP contribution in [-0.2, 0) is 4.57 Å². The van der Waals surface area contributed by atoms with E-state index >= 15 is 0 Å². The summed E-state index contributed by atoms with van der Waals surface area (Å²) >= 11 is 7.28. The van der Waals surface area contributed by atoms with E-state index in [9.17, 15) is 4.57 Å². The van der Waals surface area contributed by atoms with Crippen molar-refractivity contribution in [3.8, 4) is 0 Å². The Morgan fingerprint density at radius 3 is 2.38 bits per heavy atom. The first-order valence-electron chi connectivity index (χ1n) is 3.50. The van der Waals surface area contributed by atoms with E-state index in [2.05, 4.69) is 27.1 Å². The van der Waals surface area contributed by atoms with Crippen LogP contribution in [0.15, 0.2) is 30.3 Å². The molecule has 0 aromatic heterocycles. The van der Waals surface area contributed by atoms with Crippen molar-refractivity contribution in [2.24, 2.45) is 0 Å². The second kappa shape index (κ2) is 4.78. The number of halogens is 1. The number of anilines is 1. The summed E-state index contributed by atoms with van der Waals surface area (Å²) in [7, 11) is 1.24. The Bertz CT molecular complexity index is 316. The van der Waals surface area contributed by atoms with Gasteiger partial charge in [-0.15, -0.1) is 0 Å². The van der Waals surface area contributed by atoms with Crippen LogP contribution in [0.2, 0.25) is 0 Å². The lowest BCUT2D eigenvalue weighted by Gasteiger charge is -2.23.